The molecule has 0 unspecified atom stereocenters. The molecule has 6 nitrogen and oxygen atoms in total. The molecule has 0 aliphatic rings. The summed E-state index contributed by atoms with van der Waals surface area (Å²) in [6.07, 6.45) is 7.56. The number of carboxylic acids is 1. The highest BCUT2D eigenvalue weighted by atomic mass is 16.4. The number of carboxylic acid groups (broad SMARTS) is 1. The number of rotatable bonds is 4. The van der Waals surface area contributed by atoms with Gasteiger partial charge in [0.15, 0.2) is 0 Å². The van der Waals surface area contributed by atoms with Crippen LogP contribution in [0.4, 0.5) is 5.69 Å². The van der Waals surface area contributed by atoms with Gasteiger partial charge in [-0.1, -0.05) is 6.07 Å². The summed E-state index contributed by atoms with van der Waals surface area (Å²) in [6.45, 7) is 0. The molecule has 0 aromatic carbocycles. The Hall–Kier alpha value is -3.02. The fourth-order valence-corrected chi connectivity index (χ4v) is 1.42. The first-order valence-corrected chi connectivity index (χ1v) is 5.73. The van der Waals surface area contributed by atoms with Gasteiger partial charge >= 0.3 is 5.97 Å². The molecule has 100 valence electrons. The van der Waals surface area contributed by atoms with Crippen molar-refractivity contribution in [2.24, 2.45) is 0 Å². The molecule has 2 aromatic heterocycles. The Kier molecular flexibility index (Phi) is 4.18. The number of aromatic carboxylic acids is 1. The highest BCUT2D eigenvalue weighted by molar-refractivity contribution is 6.01. The third kappa shape index (κ3) is 3.74. The van der Waals surface area contributed by atoms with Crippen molar-refractivity contribution < 1.29 is 14.7 Å². The number of nitrogens with one attached hydrogen (secondary N) is 1. The van der Waals surface area contributed by atoms with Crippen molar-refractivity contribution in [2.75, 3.05) is 5.32 Å². The number of pyridine rings is 2. The zero-order valence-corrected chi connectivity index (χ0v) is 10.4. The summed E-state index contributed by atoms with van der Waals surface area (Å²) < 4.78 is 0. The standard InChI is InChI=1S/C14H11N3O3/c18-13(6-3-10-2-1-7-15-8-10)17-11-4-5-12(14(19)20)16-9-11/h1-9H,(H,17,18)(H,19,20)/b6-3+. The molecular weight excluding hydrogens is 258 g/mol. The van der Waals surface area contributed by atoms with Crippen molar-refractivity contribution in [1.29, 1.82) is 0 Å². The second-order valence-corrected chi connectivity index (χ2v) is 3.85. The zero-order valence-electron chi connectivity index (χ0n) is 10.4. The quantitative estimate of drug-likeness (QED) is 0.826. The SMILES string of the molecule is O=C(/C=C/c1cccnc1)Nc1ccc(C(=O)O)nc1. The van der Waals surface area contributed by atoms with Gasteiger partial charge in [-0.2, -0.15) is 0 Å². The van der Waals surface area contributed by atoms with Gasteiger partial charge in [0, 0.05) is 18.5 Å². The van der Waals surface area contributed by atoms with E-state index < -0.39 is 5.97 Å². The van der Waals surface area contributed by atoms with Crippen LogP contribution in [0.3, 0.4) is 0 Å². The van der Waals surface area contributed by atoms with Crippen LogP contribution in [0, 0.1) is 0 Å². The first-order chi connectivity index (χ1) is 9.65. The molecule has 2 N–H and O–H groups in total. The van der Waals surface area contributed by atoms with Gasteiger partial charge in [-0.05, 0) is 29.8 Å². The van der Waals surface area contributed by atoms with E-state index in [0.29, 0.717) is 5.69 Å². The van der Waals surface area contributed by atoms with Crippen LogP contribution >= 0.6 is 0 Å². The number of anilines is 1. The predicted octanol–water partition coefficient (Wildman–Crippen LogP) is 1.83. The third-order valence-electron chi connectivity index (χ3n) is 2.36. The molecule has 0 bridgehead atoms. The highest BCUT2D eigenvalue weighted by Crippen LogP contribution is 2.07. The van der Waals surface area contributed by atoms with E-state index in [-0.39, 0.29) is 11.6 Å². The van der Waals surface area contributed by atoms with Gasteiger partial charge in [0.25, 0.3) is 0 Å². The largest absolute Gasteiger partial charge is 0.477 e. The van der Waals surface area contributed by atoms with Crippen molar-refractivity contribution in [3.8, 4) is 0 Å². The molecule has 0 fully saturated rings. The summed E-state index contributed by atoms with van der Waals surface area (Å²) >= 11 is 0. The minimum Gasteiger partial charge on any atom is -0.477 e. The van der Waals surface area contributed by atoms with Gasteiger partial charge in [0.05, 0.1) is 11.9 Å². The maximum absolute atomic E-state index is 11.6. The van der Waals surface area contributed by atoms with Crippen molar-refractivity contribution in [3.63, 3.8) is 0 Å². The lowest BCUT2D eigenvalue weighted by molar-refractivity contribution is -0.111. The maximum Gasteiger partial charge on any atom is 0.354 e. The molecule has 1 amide bonds. The van der Waals surface area contributed by atoms with Crippen LogP contribution in [0.2, 0.25) is 0 Å². The van der Waals surface area contributed by atoms with E-state index in [2.05, 4.69) is 15.3 Å². The van der Waals surface area contributed by atoms with Gasteiger partial charge in [-0.25, -0.2) is 9.78 Å². The average Bonchev–Trinajstić information content (AvgIpc) is 2.47. The van der Waals surface area contributed by atoms with Crippen LogP contribution in [0.5, 0.6) is 0 Å². The van der Waals surface area contributed by atoms with Crippen molar-refractivity contribution in [1.82, 2.24) is 9.97 Å². The highest BCUT2D eigenvalue weighted by Gasteiger charge is 2.04. The summed E-state index contributed by atoms with van der Waals surface area (Å²) in [4.78, 5) is 29.9. The molecule has 0 saturated heterocycles. The van der Waals surface area contributed by atoms with Crippen LogP contribution in [-0.2, 0) is 4.79 Å². The Morgan fingerprint density at radius 1 is 1.20 bits per heavy atom. The van der Waals surface area contributed by atoms with Gasteiger partial charge < -0.3 is 10.4 Å². The van der Waals surface area contributed by atoms with E-state index in [1.54, 1.807) is 24.5 Å². The first kappa shape index (κ1) is 13.4. The number of aromatic nitrogens is 2. The Morgan fingerprint density at radius 2 is 2.05 bits per heavy atom. The molecule has 2 heterocycles. The maximum atomic E-state index is 11.6. The summed E-state index contributed by atoms with van der Waals surface area (Å²) in [5.41, 5.74) is 1.16. The van der Waals surface area contributed by atoms with Crippen molar-refractivity contribution in [3.05, 3.63) is 60.2 Å². The molecular formula is C14H11N3O3. The normalized spacial score (nSPS) is 10.4. The molecule has 0 aliphatic carbocycles. The monoisotopic (exact) mass is 269 g/mol. The second-order valence-electron chi connectivity index (χ2n) is 3.85. The van der Waals surface area contributed by atoms with Gasteiger partial charge in [0.2, 0.25) is 5.91 Å². The van der Waals surface area contributed by atoms with E-state index in [0.717, 1.165) is 5.56 Å². The molecule has 2 aromatic rings. The molecule has 0 atom stereocenters. The van der Waals surface area contributed by atoms with Gasteiger partial charge in [-0.15, -0.1) is 0 Å². The van der Waals surface area contributed by atoms with Gasteiger partial charge in [0.1, 0.15) is 5.69 Å². The zero-order chi connectivity index (χ0) is 14.4. The molecule has 0 saturated carbocycles. The number of nitrogens with zero attached hydrogens (tertiary/aromatic N) is 2. The lowest BCUT2D eigenvalue weighted by atomic mass is 10.2. The molecule has 0 aliphatic heterocycles. The third-order valence-corrected chi connectivity index (χ3v) is 2.36. The average molecular weight is 269 g/mol. The molecule has 20 heavy (non-hydrogen) atoms. The topological polar surface area (TPSA) is 92.2 Å². The fraction of sp³-hybridized carbons (Fsp3) is 0. The summed E-state index contributed by atoms with van der Waals surface area (Å²) in [5, 5.41) is 11.3. The van der Waals surface area contributed by atoms with Crippen LogP contribution in [-0.4, -0.2) is 27.0 Å². The number of carbonyl (C=O) groups is 2. The minimum atomic E-state index is -1.11. The second kappa shape index (κ2) is 6.24. The summed E-state index contributed by atoms with van der Waals surface area (Å²) in [6, 6.07) is 6.39. The van der Waals surface area contributed by atoms with E-state index in [4.69, 9.17) is 5.11 Å². The van der Waals surface area contributed by atoms with Crippen LogP contribution in [0.15, 0.2) is 48.9 Å². The van der Waals surface area contributed by atoms with Crippen LogP contribution < -0.4 is 5.32 Å². The predicted molar refractivity (Wildman–Crippen MR) is 73.1 cm³/mol. The summed E-state index contributed by atoms with van der Waals surface area (Å²) in [5.74, 6) is -1.45. The molecule has 2 rings (SSSR count). The Bertz CT molecular complexity index is 636. The Morgan fingerprint density at radius 3 is 2.65 bits per heavy atom. The fourth-order valence-electron chi connectivity index (χ4n) is 1.42. The molecule has 0 spiro atoms. The van der Waals surface area contributed by atoms with Crippen LogP contribution in [0.25, 0.3) is 6.08 Å². The van der Waals surface area contributed by atoms with Crippen molar-refractivity contribution in [2.45, 2.75) is 0 Å². The smallest absolute Gasteiger partial charge is 0.354 e. The first-order valence-electron chi connectivity index (χ1n) is 5.73. The number of amides is 1. The van der Waals surface area contributed by atoms with E-state index >= 15 is 0 Å². The molecule has 0 radical (unpaired) electrons. The van der Waals surface area contributed by atoms with E-state index in [9.17, 15) is 9.59 Å². The number of hydrogen-bond acceptors (Lipinski definition) is 4. The lowest BCUT2D eigenvalue weighted by Gasteiger charge is -2.01. The summed E-state index contributed by atoms with van der Waals surface area (Å²) in [7, 11) is 0. The van der Waals surface area contributed by atoms with Gasteiger partial charge in [-0.3, -0.25) is 9.78 Å². The Labute approximate surface area is 114 Å². The number of carbonyl (C=O) groups excluding carboxylic acids is 1. The minimum absolute atomic E-state index is 0.0751. The Balaban J connectivity index is 1.98. The molecule has 6 heteroatoms. The van der Waals surface area contributed by atoms with Crippen molar-refractivity contribution >= 4 is 23.6 Å². The number of hydrogen-bond donors (Lipinski definition) is 2. The lowest BCUT2D eigenvalue weighted by Crippen LogP contribution is -2.09. The van der Waals surface area contributed by atoms with E-state index in [1.807, 2.05) is 6.07 Å². The van der Waals surface area contributed by atoms with Crippen LogP contribution in [0.1, 0.15) is 16.1 Å². The van der Waals surface area contributed by atoms with E-state index in [1.165, 1.54) is 24.4 Å².